The van der Waals surface area contributed by atoms with Crippen LogP contribution in [0.4, 0.5) is 4.39 Å². The maximum Gasteiger partial charge on any atom is 0.241 e. The summed E-state index contributed by atoms with van der Waals surface area (Å²) in [4.78, 5) is 6.64. The van der Waals surface area contributed by atoms with Gasteiger partial charge in [0.25, 0.3) is 0 Å². The third-order valence-electron chi connectivity index (χ3n) is 4.60. The van der Waals surface area contributed by atoms with E-state index in [1.165, 1.54) is 17.7 Å². The maximum absolute atomic E-state index is 13.0. The predicted molar refractivity (Wildman–Crippen MR) is 92.1 cm³/mol. The van der Waals surface area contributed by atoms with Crippen molar-refractivity contribution in [2.75, 3.05) is 13.1 Å². The summed E-state index contributed by atoms with van der Waals surface area (Å²) in [5.41, 5.74) is 8.31. The normalized spacial score (nSPS) is 20.9. The molecule has 1 fully saturated rings. The zero-order chi connectivity index (χ0) is 17.2. The number of rotatable bonds is 4. The SMILES string of the molecule is N[C@@H]1CN(Cc2nc(-c3ccc(F)cc3)no2)C[C@H]1c1ccccc1. The van der Waals surface area contributed by atoms with Gasteiger partial charge in [0, 0.05) is 30.6 Å². The number of benzene rings is 2. The summed E-state index contributed by atoms with van der Waals surface area (Å²) in [6.45, 7) is 2.21. The first kappa shape index (κ1) is 15.9. The van der Waals surface area contributed by atoms with Gasteiger partial charge in [-0.1, -0.05) is 35.5 Å². The van der Waals surface area contributed by atoms with Crippen LogP contribution in [0.5, 0.6) is 0 Å². The predicted octanol–water partition coefficient (Wildman–Crippen LogP) is 2.80. The van der Waals surface area contributed by atoms with Gasteiger partial charge in [0.05, 0.1) is 6.54 Å². The maximum atomic E-state index is 13.0. The molecule has 2 heterocycles. The molecule has 1 aliphatic rings. The van der Waals surface area contributed by atoms with Crippen molar-refractivity contribution >= 4 is 0 Å². The van der Waals surface area contributed by atoms with E-state index in [2.05, 4.69) is 27.2 Å². The average Bonchev–Trinajstić information content (AvgIpc) is 3.23. The number of nitrogens with two attached hydrogens (primary N) is 1. The highest BCUT2D eigenvalue weighted by Gasteiger charge is 2.32. The van der Waals surface area contributed by atoms with Crippen molar-refractivity contribution in [2.45, 2.75) is 18.5 Å². The lowest BCUT2D eigenvalue weighted by atomic mass is 9.95. The summed E-state index contributed by atoms with van der Waals surface area (Å²) < 4.78 is 18.4. The second-order valence-electron chi connectivity index (χ2n) is 6.39. The van der Waals surface area contributed by atoms with Gasteiger partial charge in [0.1, 0.15) is 5.82 Å². The van der Waals surface area contributed by atoms with Crippen LogP contribution in [0.2, 0.25) is 0 Å². The van der Waals surface area contributed by atoms with Gasteiger partial charge in [-0.05, 0) is 29.8 Å². The molecule has 25 heavy (non-hydrogen) atoms. The zero-order valence-corrected chi connectivity index (χ0v) is 13.7. The van der Waals surface area contributed by atoms with Crippen molar-refractivity contribution in [1.29, 1.82) is 0 Å². The summed E-state index contributed by atoms with van der Waals surface area (Å²) in [7, 11) is 0. The van der Waals surface area contributed by atoms with Gasteiger partial charge in [-0.25, -0.2) is 4.39 Å². The van der Waals surface area contributed by atoms with E-state index in [-0.39, 0.29) is 11.9 Å². The highest BCUT2D eigenvalue weighted by Crippen LogP contribution is 2.27. The van der Waals surface area contributed by atoms with E-state index in [1.807, 2.05) is 18.2 Å². The van der Waals surface area contributed by atoms with Crippen molar-refractivity contribution in [3.8, 4) is 11.4 Å². The standard InChI is InChI=1S/C19H19FN4O/c20-15-8-6-14(7-9-15)19-22-18(25-23-19)12-24-10-16(17(21)11-24)13-4-2-1-3-5-13/h1-9,16-17H,10-12,21H2/t16-,17+/m0/s1. The van der Waals surface area contributed by atoms with Crippen LogP contribution < -0.4 is 5.73 Å². The van der Waals surface area contributed by atoms with Crippen LogP contribution >= 0.6 is 0 Å². The summed E-state index contributed by atoms with van der Waals surface area (Å²) in [6.07, 6.45) is 0. The van der Waals surface area contributed by atoms with E-state index in [0.29, 0.717) is 24.2 Å². The monoisotopic (exact) mass is 338 g/mol. The molecule has 3 aromatic rings. The van der Waals surface area contributed by atoms with E-state index in [4.69, 9.17) is 10.3 Å². The minimum Gasteiger partial charge on any atom is -0.338 e. The van der Waals surface area contributed by atoms with E-state index < -0.39 is 0 Å². The molecule has 0 spiro atoms. The molecular weight excluding hydrogens is 319 g/mol. The highest BCUT2D eigenvalue weighted by molar-refractivity contribution is 5.53. The Morgan fingerprint density at radius 3 is 2.60 bits per heavy atom. The molecule has 0 unspecified atom stereocenters. The second kappa shape index (κ2) is 6.74. The quantitative estimate of drug-likeness (QED) is 0.792. The van der Waals surface area contributed by atoms with Gasteiger partial charge in [-0.15, -0.1) is 0 Å². The third-order valence-corrected chi connectivity index (χ3v) is 4.60. The Kier molecular flexibility index (Phi) is 4.29. The summed E-state index contributed by atoms with van der Waals surface area (Å²) in [6, 6.07) is 16.5. The highest BCUT2D eigenvalue weighted by atomic mass is 19.1. The largest absolute Gasteiger partial charge is 0.338 e. The number of nitrogens with zero attached hydrogens (tertiary/aromatic N) is 3. The fraction of sp³-hybridized carbons (Fsp3) is 0.263. The molecule has 0 radical (unpaired) electrons. The van der Waals surface area contributed by atoms with E-state index in [9.17, 15) is 4.39 Å². The molecule has 2 aromatic carbocycles. The Labute approximate surface area is 145 Å². The van der Waals surface area contributed by atoms with Crippen LogP contribution in [0.3, 0.4) is 0 Å². The molecule has 4 rings (SSSR count). The first-order valence-corrected chi connectivity index (χ1v) is 8.30. The minimum absolute atomic E-state index is 0.0851. The molecule has 5 nitrogen and oxygen atoms in total. The summed E-state index contributed by atoms with van der Waals surface area (Å²) >= 11 is 0. The van der Waals surface area contributed by atoms with Crippen LogP contribution in [0.1, 0.15) is 17.4 Å². The molecular formula is C19H19FN4O. The Morgan fingerprint density at radius 2 is 1.84 bits per heavy atom. The third kappa shape index (κ3) is 3.45. The lowest BCUT2D eigenvalue weighted by molar-refractivity contribution is 0.264. The number of hydrogen-bond acceptors (Lipinski definition) is 5. The van der Waals surface area contributed by atoms with Crippen molar-refractivity contribution in [2.24, 2.45) is 5.73 Å². The van der Waals surface area contributed by atoms with Crippen LogP contribution in [-0.2, 0) is 6.54 Å². The van der Waals surface area contributed by atoms with Gasteiger partial charge < -0.3 is 10.3 Å². The fourth-order valence-corrected chi connectivity index (χ4v) is 3.32. The van der Waals surface area contributed by atoms with Gasteiger partial charge in [-0.2, -0.15) is 4.98 Å². The van der Waals surface area contributed by atoms with Crippen LogP contribution in [0.25, 0.3) is 11.4 Å². The molecule has 0 saturated carbocycles. The fourth-order valence-electron chi connectivity index (χ4n) is 3.32. The Hall–Kier alpha value is -2.57. The number of halogens is 1. The van der Waals surface area contributed by atoms with Crippen molar-refractivity contribution in [3.05, 3.63) is 71.9 Å². The Balaban J connectivity index is 1.44. The molecule has 1 saturated heterocycles. The molecule has 6 heteroatoms. The first-order valence-electron chi connectivity index (χ1n) is 8.30. The van der Waals surface area contributed by atoms with Crippen molar-refractivity contribution < 1.29 is 8.91 Å². The molecule has 2 atom stereocenters. The lowest BCUT2D eigenvalue weighted by Gasteiger charge is -2.14. The topological polar surface area (TPSA) is 68.2 Å². The summed E-state index contributed by atoms with van der Waals surface area (Å²) in [5, 5.41) is 3.99. The first-order chi connectivity index (χ1) is 12.2. The molecule has 2 N–H and O–H groups in total. The Morgan fingerprint density at radius 1 is 1.08 bits per heavy atom. The van der Waals surface area contributed by atoms with Gasteiger partial charge in [0.2, 0.25) is 11.7 Å². The van der Waals surface area contributed by atoms with Gasteiger partial charge >= 0.3 is 0 Å². The van der Waals surface area contributed by atoms with E-state index in [0.717, 1.165) is 18.7 Å². The lowest BCUT2D eigenvalue weighted by Crippen LogP contribution is -2.28. The van der Waals surface area contributed by atoms with Gasteiger partial charge in [-0.3, -0.25) is 4.90 Å². The molecule has 1 aromatic heterocycles. The number of likely N-dealkylation sites (tertiary alicyclic amines) is 1. The van der Waals surface area contributed by atoms with Crippen LogP contribution in [0, 0.1) is 5.82 Å². The van der Waals surface area contributed by atoms with E-state index in [1.54, 1.807) is 12.1 Å². The number of aromatic nitrogens is 2. The van der Waals surface area contributed by atoms with Crippen LogP contribution in [-0.4, -0.2) is 34.2 Å². The smallest absolute Gasteiger partial charge is 0.241 e. The number of hydrogen-bond donors (Lipinski definition) is 1. The van der Waals surface area contributed by atoms with E-state index >= 15 is 0 Å². The molecule has 0 aliphatic carbocycles. The zero-order valence-electron chi connectivity index (χ0n) is 13.7. The van der Waals surface area contributed by atoms with Crippen molar-refractivity contribution in [3.63, 3.8) is 0 Å². The Bertz CT molecular complexity index is 834. The van der Waals surface area contributed by atoms with Crippen LogP contribution in [0.15, 0.2) is 59.1 Å². The second-order valence-corrected chi connectivity index (χ2v) is 6.39. The molecule has 128 valence electrons. The minimum atomic E-state index is -0.287. The summed E-state index contributed by atoms with van der Waals surface area (Å²) in [5.74, 6) is 1.03. The van der Waals surface area contributed by atoms with Gasteiger partial charge in [0.15, 0.2) is 0 Å². The molecule has 0 bridgehead atoms. The molecule has 1 aliphatic heterocycles. The molecule has 0 amide bonds. The average molecular weight is 338 g/mol. The van der Waals surface area contributed by atoms with Crippen molar-refractivity contribution in [1.82, 2.24) is 15.0 Å².